The summed E-state index contributed by atoms with van der Waals surface area (Å²) in [5, 5.41) is 7.06. The van der Waals surface area contributed by atoms with Gasteiger partial charge in [-0.25, -0.2) is 0 Å². The number of nitrogens with one attached hydrogen (secondary N) is 1. The average molecular weight is 365 g/mol. The van der Waals surface area contributed by atoms with Gasteiger partial charge in [-0.2, -0.15) is 4.98 Å². The Hall–Kier alpha value is -2.08. The molecule has 1 amide bonds. The number of carbonyl (C=O) groups excluding carboxylic acids is 1. The molecule has 1 aromatic heterocycles. The van der Waals surface area contributed by atoms with E-state index in [1.807, 2.05) is 38.1 Å². The molecule has 25 heavy (non-hydrogen) atoms. The molecule has 1 heterocycles. The fraction of sp³-hybridized carbons (Fsp3) is 0.500. The summed E-state index contributed by atoms with van der Waals surface area (Å²) in [5.41, 5.74) is 7.63. The zero-order chi connectivity index (χ0) is 17.1. The number of carbonyl (C=O) groups is 1. The van der Waals surface area contributed by atoms with E-state index in [1.54, 1.807) is 0 Å². The first-order valence-corrected chi connectivity index (χ1v) is 8.51. The molecule has 7 heteroatoms. The first kappa shape index (κ1) is 19.2. The fourth-order valence-corrected chi connectivity index (χ4v) is 2.65. The van der Waals surface area contributed by atoms with Crippen molar-refractivity contribution in [2.24, 2.45) is 5.92 Å². The van der Waals surface area contributed by atoms with Gasteiger partial charge < -0.3 is 15.6 Å². The van der Waals surface area contributed by atoms with Crippen molar-refractivity contribution < 1.29 is 9.32 Å². The minimum atomic E-state index is -0.259. The molecular formula is C18H25ClN4O2. The Bertz CT molecular complexity index is 713. The summed E-state index contributed by atoms with van der Waals surface area (Å²) in [7, 11) is 0. The van der Waals surface area contributed by atoms with Gasteiger partial charge in [0, 0.05) is 18.0 Å². The fourth-order valence-electron chi connectivity index (χ4n) is 2.65. The second kappa shape index (κ2) is 8.34. The number of hydrogen-bond acceptors (Lipinski definition) is 5. The molecule has 136 valence electrons. The molecule has 1 atom stereocenters. The van der Waals surface area contributed by atoms with E-state index >= 15 is 0 Å². The second-order valence-corrected chi connectivity index (χ2v) is 6.75. The number of rotatable bonds is 7. The molecule has 0 aliphatic heterocycles. The van der Waals surface area contributed by atoms with Crippen molar-refractivity contribution in [2.45, 2.75) is 51.5 Å². The van der Waals surface area contributed by atoms with Crippen LogP contribution >= 0.6 is 12.4 Å². The first-order chi connectivity index (χ1) is 11.5. The predicted molar refractivity (Wildman–Crippen MR) is 98.4 cm³/mol. The largest absolute Gasteiger partial charge is 0.399 e. The van der Waals surface area contributed by atoms with Gasteiger partial charge >= 0.3 is 0 Å². The third kappa shape index (κ3) is 4.95. The molecule has 1 unspecified atom stereocenters. The summed E-state index contributed by atoms with van der Waals surface area (Å²) in [6.45, 7) is 4.06. The third-order valence-corrected chi connectivity index (χ3v) is 4.33. The summed E-state index contributed by atoms with van der Waals surface area (Å²) in [5.74, 6) is 1.83. The number of hydrogen-bond donors (Lipinski definition) is 2. The number of benzene rings is 1. The van der Waals surface area contributed by atoms with E-state index in [2.05, 4.69) is 15.5 Å². The number of nitrogens with two attached hydrogens (primary N) is 1. The molecule has 6 nitrogen and oxygen atoms in total. The van der Waals surface area contributed by atoms with Crippen LogP contribution in [0.2, 0.25) is 0 Å². The van der Waals surface area contributed by atoms with Crippen molar-refractivity contribution in [3.63, 3.8) is 0 Å². The molecule has 0 saturated heterocycles. The maximum absolute atomic E-state index is 12.3. The minimum Gasteiger partial charge on any atom is -0.399 e. The van der Waals surface area contributed by atoms with E-state index in [0.29, 0.717) is 24.7 Å². The summed E-state index contributed by atoms with van der Waals surface area (Å²) in [6.07, 6.45) is 3.23. The van der Waals surface area contributed by atoms with E-state index in [9.17, 15) is 4.79 Å². The topological polar surface area (TPSA) is 94.0 Å². The molecule has 1 aromatic carbocycles. The Morgan fingerprint density at radius 2 is 2.08 bits per heavy atom. The quantitative estimate of drug-likeness (QED) is 0.734. The number of anilines is 1. The van der Waals surface area contributed by atoms with Crippen molar-refractivity contribution in [1.82, 2.24) is 15.5 Å². The maximum atomic E-state index is 12.3. The standard InChI is InChI=1S/C18H24N4O2.ClH/c1-11(2)16(18-21-17(22-24-18)13-7-8-13)20-15(23)10-9-12-5-3-4-6-14(12)19;/h3-6,11,13,16H,7-10,19H2,1-2H3,(H,20,23);1H. The Morgan fingerprint density at radius 1 is 1.36 bits per heavy atom. The zero-order valence-electron chi connectivity index (χ0n) is 14.6. The van der Waals surface area contributed by atoms with Crippen LogP contribution in [0, 0.1) is 5.92 Å². The van der Waals surface area contributed by atoms with Crippen LogP contribution in [0.1, 0.15) is 62.3 Å². The normalized spacial score (nSPS) is 14.8. The van der Waals surface area contributed by atoms with Crippen LogP contribution in [0.25, 0.3) is 0 Å². The van der Waals surface area contributed by atoms with Crippen molar-refractivity contribution >= 4 is 24.0 Å². The smallest absolute Gasteiger partial charge is 0.249 e. The van der Waals surface area contributed by atoms with E-state index in [1.165, 1.54) is 0 Å². The van der Waals surface area contributed by atoms with Crippen LogP contribution in [0.3, 0.4) is 0 Å². The maximum Gasteiger partial charge on any atom is 0.249 e. The van der Waals surface area contributed by atoms with E-state index in [-0.39, 0.29) is 30.3 Å². The minimum absolute atomic E-state index is 0. The van der Waals surface area contributed by atoms with E-state index in [4.69, 9.17) is 10.3 Å². The first-order valence-electron chi connectivity index (χ1n) is 8.51. The van der Waals surface area contributed by atoms with Crippen molar-refractivity contribution in [1.29, 1.82) is 0 Å². The predicted octanol–water partition coefficient (Wildman–Crippen LogP) is 3.40. The highest BCUT2D eigenvalue weighted by Crippen LogP contribution is 2.38. The monoisotopic (exact) mass is 364 g/mol. The molecule has 3 rings (SSSR count). The van der Waals surface area contributed by atoms with E-state index in [0.717, 1.165) is 29.9 Å². The summed E-state index contributed by atoms with van der Waals surface area (Å²) in [6, 6.07) is 7.36. The lowest BCUT2D eigenvalue weighted by atomic mass is 10.0. The van der Waals surface area contributed by atoms with Crippen LogP contribution in [-0.4, -0.2) is 16.0 Å². The molecule has 1 aliphatic carbocycles. The number of aryl methyl sites for hydroxylation is 1. The summed E-state index contributed by atoms with van der Waals surface area (Å²) in [4.78, 5) is 16.8. The van der Waals surface area contributed by atoms with Crippen LogP contribution in [0.4, 0.5) is 5.69 Å². The van der Waals surface area contributed by atoms with Gasteiger partial charge in [0.2, 0.25) is 11.8 Å². The zero-order valence-corrected chi connectivity index (χ0v) is 15.4. The lowest BCUT2D eigenvalue weighted by Gasteiger charge is -2.18. The molecule has 0 radical (unpaired) electrons. The molecule has 2 aromatic rings. The van der Waals surface area contributed by atoms with Crippen LogP contribution in [0.15, 0.2) is 28.8 Å². The Balaban J connectivity index is 0.00000225. The van der Waals surface area contributed by atoms with Gasteiger partial charge in [-0.1, -0.05) is 37.2 Å². The molecule has 1 saturated carbocycles. The number of para-hydroxylation sites is 1. The number of nitrogens with zero attached hydrogens (tertiary/aromatic N) is 2. The third-order valence-electron chi connectivity index (χ3n) is 4.33. The Morgan fingerprint density at radius 3 is 2.72 bits per heavy atom. The number of aromatic nitrogens is 2. The van der Waals surface area contributed by atoms with Gasteiger partial charge in [0.25, 0.3) is 0 Å². The summed E-state index contributed by atoms with van der Waals surface area (Å²) >= 11 is 0. The summed E-state index contributed by atoms with van der Waals surface area (Å²) < 4.78 is 5.38. The Labute approximate surface area is 154 Å². The van der Waals surface area contributed by atoms with E-state index < -0.39 is 0 Å². The highest BCUT2D eigenvalue weighted by molar-refractivity contribution is 5.85. The molecule has 1 fully saturated rings. The van der Waals surface area contributed by atoms with Gasteiger partial charge in [-0.3, -0.25) is 4.79 Å². The lowest BCUT2D eigenvalue weighted by Crippen LogP contribution is -2.32. The molecule has 0 spiro atoms. The molecule has 1 aliphatic rings. The highest BCUT2D eigenvalue weighted by atomic mass is 35.5. The molecule has 0 bridgehead atoms. The van der Waals surface area contributed by atoms with Crippen LogP contribution < -0.4 is 11.1 Å². The van der Waals surface area contributed by atoms with Gasteiger partial charge in [0.05, 0.1) is 0 Å². The van der Waals surface area contributed by atoms with Crippen LogP contribution in [-0.2, 0) is 11.2 Å². The SMILES string of the molecule is CC(C)C(NC(=O)CCc1ccccc1N)c1nc(C2CC2)no1.Cl. The van der Waals surface area contributed by atoms with Crippen molar-refractivity contribution in [3.05, 3.63) is 41.5 Å². The number of amides is 1. The number of halogens is 1. The van der Waals surface area contributed by atoms with Crippen LogP contribution in [0.5, 0.6) is 0 Å². The van der Waals surface area contributed by atoms with Gasteiger partial charge in [-0.05, 0) is 36.8 Å². The number of nitrogen functional groups attached to an aromatic ring is 1. The van der Waals surface area contributed by atoms with Gasteiger partial charge in [0.1, 0.15) is 6.04 Å². The van der Waals surface area contributed by atoms with Crippen molar-refractivity contribution in [3.8, 4) is 0 Å². The van der Waals surface area contributed by atoms with Gasteiger partial charge in [-0.15, -0.1) is 12.4 Å². The lowest BCUT2D eigenvalue weighted by molar-refractivity contribution is -0.122. The highest BCUT2D eigenvalue weighted by Gasteiger charge is 2.31. The molecular weight excluding hydrogens is 340 g/mol. The average Bonchev–Trinajstić information content (AvgIpc) is 3.29. The Kier molecular flexibility index (Phi) is 6.42. The second-order valence-electron chi connectivity index (χ2n) is 6.75. The molecule has 3 N–H and O–H groups in total. The van der Waals surface area contributed by atoms with Crippen molar-refractivity contribution in [2.75, 3.05) is 5.73 Å². The van der Waals surface area contributed by atoms with Gasteiger partial charge in [0.15, 0.2) is 5.82 Å².